The molecule has 2 N–H and O–H groups in total. The summed E-state index contributed by atoms with van der Waals surface area (Å²) in [5, 5.41) is 0. The molecule has 0 atom stereocenters. The minimum atomic E-state index is 0.439. The van der Waals surface area contributed by atoms with Crippen LogP contribution in [0.25, 0.3) is 0 Å². The van der Waals surface area contributed by atoms with Gasteiger partial charge in [0.1, 0.15) is 0 Å². The third-order valence-electron chi connectivity index (χ3n) is 2.83. The lowest BCUT2D eigenvalue weighted by molar-refractivity contribution is 0.202. The van der Waals surface area contributed by atoms with Gasteiger partial charge < -0.3 is 15.4 Å². The largest absolute Gasteiger partial charge is 0.396 e. The zero-order valence-corrected chi connectivity index (χ0v) is 10.9. The number of ether oxygens (including phenoxy) is 1. The van der Waals surface area contributed by atoms with Crippen LogP contribution in [0.2, 0.25) is 0 Å². The predicted octanol–water partition coefficient (Wildman–Crippen LogP) is 1.70. The van der Waals surface area contributed by atoms with Gasteiger partial charge in [0.25, 0.3) is 0 Å². The van der Waals surface area contributed by atoms with Gasteiger partial charge in [-0.15, -0.1) is 0 Å². The summed E-state index contributed by atoms with van der Waals surface area (Å²) >= 11 is 0. The first kappa shape index (κ1) is 13.7. The van der Waals surface area contributed by atoms with E-state index in [0.29, 0.717) is 18.3 Å². The van der Waals surface area contributed by atoms with Crippen LogP contribution in [0, 0.1) is 0 Å². The second-order valence-electron chi connectivity index (χ2n) is 3.97. The Morgan fingerprint density at radius 1 is 1.29 bits per heavy atom. The van der Waals surface area contributed by atoms with Crippen molar-refractivity contribution in [2.75, 3.05) is 30.9 Å². The summed E-state index contributed by atoms with van der Waals surface area (Å²) in [6.45, 7) is 5.81. The molecule has 1 aromatic heterocycles. The monoisotopic (exact) mass is 238 g/mol. The third-order valence-corrected chi connectivity index (χ3v) is 2.83. The van der Waals surface area contributed by atoms with E-state index in [9.17, 15) is 0 Å². The lowest BCUT2D eigenvalue weighted by Crippen LogP contribution is -2.38. The number of rotatable bonds is 7. The predicted molar refractivity (Wildman–Crippen MR) is 70.0 cm³/mol. The van der Waals surface area contributed by atoms with Gasteiger partial charge in [-0.05, 0) is 12.8 Å². The van der Waals surface area contributed by atoms with E-state index in [1.165, 1.54) is 0 Å². The highest BCUT2D eigenvalue weighted by Crippen LogP contribution is 2.16. The van der Waals surface area contributed by atoms with Gasteiger partial charge in [-0.3, -0.25) is 0 Å². The van der Waals surface area contributed by atoms with Crippen molar-refractivity contribution >= 4 is 11.6 Å². The third kappa shape index (κ3) is 3.85. The fourth-order valence-electron chi connectivity index (χ4n) is 1.84. The fraction of sp³-hybridized carbons (Fsp3) is 0.667. The molecule has 0 spiro atoms. The molecule has 5 heteroatoms. The van der Waals surface area contributed by atoms with Crippen molar-refractivity contribution < 1.29 is 4.74 Å². The van der Waals surface area contributed by atoms with Gasteiger partial charge >= 0.3 is 0 Å². The van der Waals surface area contributed by atoms with Gasteiger partial charge in [0.15, 0.2) is 0 Å². The van der Waals surface area contributed by atoms with Crippen molar-refractivity contribution in [2.45, 2.75) is 32.7 Å². The molecule has 0 aliphatic rings. The van der Waals surface area contributed by atoms with Crippen molar-refractivity contribution in [1.29, 1.82) is 0 Å². The van der Waals surface area contributed by atoms with E-state index in [1.807, 2.05) is 0 Å². The summed E-state index contributed by atoms with van der Waals surface area (Å²) in [7, 11) is 1.70. The van der Waals surface area contributed by atoms with Gasteiger partial charge in [0.2, 0.25) is 5.95 Å². The van der Waals surface area contributed by atoms with Crippen molar-refractivity contribution in [3.05, 3.63) is 12.4 Å². The Morgan fingerprint density at radius 2 is 1.88 bits per heavy atom. The summed E-state index contributed by atoms with van der Waals surface area (Å²) in [5.41, 5.74) is 6.19. The lowest BCUT2D eigenvalue weighted by Gasteiger charge is -2.30. The Labute approximate surface area is 103 Å². The lowest BCUT2D eigenvalue weighted by atomic mass is 10.1. The topological polar surface area (TPSA) is 64.3 Å². The van der Waals surface area contributed by atoms with E-state index < -0.39 is 0 Å². The summed E-state index contributed by atoms with van der Waals surface area (Å²) in [6.07, 6.45) is 5.41. The molecular formula is C12H22N4O. The average molecular weight is 238 g/mol. The van der Waals surface area contributed by atoms with Crippen LogP contribution in [0.15, 0.2) is 12.4 Å². The second kappa shape index (κ2) is 7.06. The molecule has 17 heavy (non-hydrogen) atoms. The van der Waals surface area contributed by atoms with Crippen LogP contribution in [0.5, 0.6) is 0 Å². The van der Waals surface area contributed by atoms with Gasteiger partial charge in [-0.1, -0.05) is 13.8 Å². The molecule has 0 radical (unpaired) electrons. The summed E-state index contributed by atoms with van der Waals surface area (Å²) in [4.78, 5) is 10.7. The molecule has 0 saturated carbocycles. The summed E-state index contributed by atoms with van der Waals surface area (Å²) < 4.78 is 5.13. The smallest absolute Gasteiger partial charge is 0.225 e. The number of aromatic nitrogens is 2. The quantitative estimate of drug-likeness (QED) is 0.783. The van der Waals surface area contributed by atoms with E-state index in [2.05, 4.69) is 28.7 Å². The average Bonchev–Trinajstić information content (AvgIpc) is 2.36. The molecule has 0 unspecified atom stereocenters. The van der Waals surface area contributed by atoms with Crippen molar-refractivity contribution in [3.8, 4) is 0 Å². The van der Waals surface area contributed by atoms with Crippen LogP contribution in [-0.2, 0) is 4.74 Å². The minimum absolute atomic E-state index is 0.439. The minimum Gasteiger partial charge on any atom is -0.396 e. The van der Waals surface area contributed by atoms with Crippen LogP contribution in [0.3, 0.4) is 0 Å². The van der Waals surface area contributed by atoms with Crippen LogP contribution in [0.1, 0.15) is 26.7 Å². The van der Waals surface area contributed by atoms with Gasteiger partial charge in [-0.25, -0.2) is 9.97 Å². The maximum atomic E-state index is 5.60. The molecule has 0 saturated heterocycles. The van der Waals surface area contributed by atoms with Crippen LogP contribution < -0.4 is 10.6 Å². The first-order valence-corrected chi connectivity index (χ1v) is 6.06. The van der Waals surface area contributed by atoms with E-state index in [-0.39, 0.29) is 0 Å². The highest BCUT2D eigenvalue weighted by molar-refractivity contribution is 5.38. The van der Waals surface area contributed by atoms with Gasteiger partial charge in [-0.2, -0.15) is 0 Å². The SMILES string of the molecule is CCC(CC)N(CCOC)c1ncc(N)cn1. The van der Waals surface area contributed by atoms with Crippen molar-refractivity contribution in [3.63, 3.8) is 0 Å². The zero-order chi connectivity index (χ0) is 12.7. The first-order chi connectivity index (χ1) is 8.22. The molecule has 96 valence electrons. The molecule has 1 rings (SSSR count). The highest BCUT2D eigenvalue weighted by Gasteiger charge is 2.17. The number of methoxy groups -OCH3 is 1. The molecule has 0 aromatic carbocycles. The van der Waals surface area contributed by atoms with E-state index in [4.69, 9.17) is 10.5 Å². The normalized spacial score (nSPS) is 10.8. The molecule has 1 heterocycles. The van der Waals surface area contributed by atoms with Crippen LogP contribution in [-0.4, -0.2) is 36.3 Å². The van der Waals surface area contributed by atoms with Crippen molar-refractivity contribution in [1.82, 2.24) is 9.97 Å². The Hall–Kier alpha value is -1.36. The standard InChI is InChI=1S/C12H22N4O/c1-4-11(5-2)16(6-7-17-3)12-14-8-10(13)9-15-12/h8-9,11H,4-7,13H2,1-3H3. The molecule has 0 bridgehead atoms. The maximum Gasteiger partial charge on any atom is 0.225 e. The number of nitrogens with zero attached hydrogens (tertiary/aromatic N) is 3. The number of nitrogens with two attached hydrogens (primary N) is 1. The highest BCUT2D eigenvalue weighted by atomic mass is 16.5. The molecular weight excluding hydrogens is 216 g/mol. The fourth-order valence-corrected chi connectivity index (χ4v) is 1.84. The molecule has 1 aromatic rings. The second-order valence-corrected chi connectivity index (χ2v) is 3.97. The maximum absolute atomic E-state index is 5.60. The van der Waals surface area contributed by atoms with E-state index in [1.54, 1.807) is 19.5 Å². The number of nitrogen functional groups attached to an aromatic ring is 1. The van der Waals surface area contributed by atoms with Gasteiger partial charge in [0, 0.05) is 19.7 Å². The number of hydrogen-bond acceptors (Lipinski definition) is 5. The Morgan fingerprint density at radius 3 is 2.35 bits per heavy atom. The summed E-state index contributed by atoms with van der Waals surface area (Å²) in [6, 6.07) is 0.439. The molecule has 0 amide bonds. The molecule has 0 aliphatic heterocycles. The Kier molecular flexibility index (Phi) is 5.69. The van der Waals surface area contributed by atoms with Gasteiger partial charge in [0.05, 0.1) is 24.7 Å². The van der Waals surface area contributed by atoms with E-state index in [0.717, 1.165) is 25.3 Å². The number of hydrogen-bond donors (Lipinski definition) is 1. The Balaban J connectivity index is 2.84. The molecule has 5 nitrogen and oxygen atoms in total. The zero-order valence-electron chi connectivity index (χ0n) is 10.9. The van der Waals surface area contributed by atoms with Crippen molar-refractivity contribution in [2.24, 2.45) is 0 Å². The molecule has 0 aliphatic carbocycles. The molecule has 0 fully saturated rings. The van der Waals surface area contributed by atoms with E-state index >= 15 is 0 Å². The summed E-state index contributed by atoms with van der Waals surface area (Å²) in [5.74, 6) is 0.727. The van der Waals surface area contributed by atoms with Crippen LogP contribution in [0.4, 0.5) is 11.6 Å². The first-order valence-electron chi connectivity index (χ1n) is 6.06. The van der Waals surface area contributed by atoms with Crippen LogP contribution >= 0.6 is 0 Å². The number of anilines is 2. The Bertz CT molecular complexity index is 311.